The SMILES string of the molecule is Nn1c(C=O)nc2ccccc21. The number of fused-ring (bicyclic) bond motifs is 1. The molecule has 0 saturated heterocycles. The van der Waals surface area contributed by atoms with Crippen LogP contribution >= 0.6 is 0 Å². The van der Waals surface area contributed by atoms with E-state index in [2.05, 4.69) is 4.98 Å². The highest BCUT2D eigenvalue weighted by Crippen LogP contribution is 2.10. The zero-order chi connectivity index (χ0) is 8.55. The summed E-state index contributed by atoms with van der Waals surface area (Å²) in [6.07, 6.45) is 0.639. The second kappa shape index (κ2) is 2.34. The van der Waals surface area contributed by atoms with Gasteiger partial charge in [-0.05, 0) is 12.1 Å². The van der Waals surface area contributed by atoms with Crippen molar-refractivity contribution < 1.29 is 4.79 Å². The summed E-state index contributed by atoms with van der Waals surface area (Å²) >= 11 is 0. The molecule has 2 N–H and O–H groups in total. The minimum Gasteiger partial charge on any atom is -0.337 e. The molecule has 2 aromatic rings. The van der Waals surface area contributed by atoms with Crippen molar-refractivity contribution in [3.8, 4) is 0 Å². The number of hydrogen-bond donors (Lipinski definition) is 1. The molecule has 60 valence electrons. The van der Waals surface area contributed by atoms with Gasteiger partial charge in [-0.1, -0.05) is 12.1 Å². The zero-order valence-electron chi connectivity index (χ0n) is 6.27. The van der Waals surface area contributed by atoms with Gasteiger partial charge in [0.1, 0.15) is 0 Å². The lowest BCUT2D eigenvalue weighted by molar-refractivity contribution is 0.111. The lowest BCUT2D eigenvalue weighted by Gasteiger charge is -1.93. The van der Waals surface area contributed by atoms with E-state index in [1.807, 2.05) is 24.3 Å². The van der Waals surface area contributed by atoms with Gasteiger partial charge in [-0.15, -0.1) is 0 Å². The summed E-state index contributed by atoms with van der Waals surface area (Å²) in [4.78, 5) is 14.4. The molecule has 0 bridgehead atoms. The molecule has 1 heterocycles. The number of carbonyl (C=O) groups excluding carboxylic acids is 1. The molecule has 0 radical (unpaired) electrons. The van der Waals surface area contributed by atoms with Crippen LogP contribution in [0.2, 0.25) is 0 Å². The maximum Gasteiger partial charge on any atom is 0.192 e. The first-order chi connectivity index (χ1) is 5.83. The molecule has 12 heavy (non-hydrogen) atoms. The molecule has 4 nitrogen and oxygen atoms in total. The lowest BCUT2D eigenvalue weighted by Crippen LogP contribution is -2.11. The second-order valence-electron chi connectivity index (χ2n) is 2.45. The zero-order valence-corrected chi connectivity index (χ0v) is 6.27. The van der Waals surface area contributed by atoms with Gasteiger partial charge in [0, 0.05) is 0 Å². The minimum atomic E-state index is 0.246. The highest BCUT2D eigenvalue weighted by Gasteiger charge is 2.04. The van der Waals surface area contributed by atoms with E-state index in [0.29, 0.717) is 6.29 Å². The molecule has 0 aliphatic rings. The maximum absolute atomic E-state index is 10.4. The Morgan fingerprint density at radius 2 is 2.17 bits per heavy atom. The Hall–Kier alpha value is -1.84. The summed E-state index contributed by atoms with van der Waals surface area (Å²) in [6, 6.07) is 7.33. The summed E-state index contributed by atoms with van der Waals surface area (Å²) in [5, 5.41) is 0. The first-order valence-corrected chi connectivity index (χ1v) is 3.50. The number of carbonyl (C=O) groups is 1. The third-order valence-corrected chi connectivity index (χ3v) is 1.73. The Kier molecular flexibility index (Phi) is 1.33. The van der Waals surface area contributed by atoms with E-state index in [1.165, 1.54) is 4.68 Å². The molecular formula is C8H7N3O. The number of para-hydroxylation sites is 2. The van der Waals surface area contributed by atoms with Crippen LogP contribution in [0.1, 0.15) is 10.6 Å². The summed E-state index contributed by atoms with van der Waals surface area (Å²) in [5.74, 6) is 5.82. The number of benzene rings is 1. The van der Waals surface area contributed by atoms with Gasteiger partial charge in [0.15, 0.2) is 12.1 Å². The third-order valence-electron chi connectivity index (χ3n) is 1.73. The number of aromatic nitrogens is 2. The summed E-state index contributed by atoms with van der Waals surface area (Å²) in [7, 11) is 0. The highest BCUT2D eigenvalue weighted by molar-refractivity contribution is 5.82. The van der Waals surface area contributed by atoms with Crippen molar-refractivity contribution in [2.24, 2.45) is 0 Å². The number of rotatable bonds is 1. The van der Waals surface area contributed by atoms with Crippen LogP contribution in [-0.2, 0) is 0 Å². The molecule has 0 amide bonds. The minimum absolute atomic E-state index is 0.246. The lowest BCUT2D eigenvalue weighted by atomic mass is 10.3. The average molecular weight is 161 g/mol. The molecule has 0 aliphatic carbocycles. The summed E-state index contributed by atoms with van der Waals surface area (Å²) < 4.78 is 1.28. The Labute approximate surface area is 68.6 Å². The molecule has 0 aliphatic heterocycles. The van der Waals surface area contributed by atoms with Crippen LogP contribution < -0.4 is 5.84 Å². The third kappa shape index (κ3) is 0.780. The number of aldehydes is 1. The molecule has 0 atom stereocenters. The Bertz CT molecular complexity index is 433. The maximum atomic E-state index is 10.4. The van der Waals surface area contributed by atoms with Crippen LogP contribution in [0, 0.1) is 0 Å². The van der Waals surface area contributed by atoms with Crippen LogP contribution in [0.15, 0.2) is 24.3 Å². The van der Waals surface area contributed by atoms with Crippen LogP contribution in [0.4, 0.5) is 0 Å². The largest absolute Gasteiger partial charge is 0.337 e. The van der Waals surface area contributed by atoms with Crippen molar-refractivity contribution in [2.75, 3.05) is 5.84 Å². The first kappa shape index (κ1) is 6.84. The molecule has 2 rings (SSSR count). The van der Waals surface area contributed by atoms with Gasteiger partial charge < -0.3 is 5.84 Å². The highest BCUT2D eigenvalue weighted by atomic mass is 16.1. The smallest absolute Gasteiger partial charge is 0.192 e. The average Bonchev–Trinajstić information content (AvgIpc) is 2.44. The van der Waals surface area contributed by atoms with E-state index >= 15 is 0 Å². The second-order valence-corrected chi connectivity index (χ2v) is 2.45. The molecule has 4 heteroatoms. The van der Waals surface area contributed by atoms with Gasteiger partial charge >= 0.3 is 0 Å². The van der Waals surface area contributed by atoms with Crippen molar-refractivity contribution in [3.05, 3.63) is 30.1 Å². The van der Waals surface area contributed by atoms with E-state index in [0.717, 1.165) is 11.0 Å². The van der Waals surface area contributed by atoms with Gasteiger partial charge in [-0.3, -0.25) is 4.79 Å². The molecule has 0 fully saturated rings. The first-order valence-electron chi connectivity index (χ1n) is 3.50. The van der Waals surface area contributed by atoms with Crippen LogP contribution in [0.3, 0.4) is 0 Å². The van der Waals surface area contributed by atoms with E-state index in [1.54, 1.807) is 0 Å². The molecular weight excluding hydrogens is 154 g/mol. The van der Waals surface area contributed by atoms with Crippen molar-refractivity contribution in [3.63, 3.8) is 0 Å². The van der Waals surface area contributed by atoms with Crippen molar-refractivity contribution in [2.45, 2.75) is 0 Å². The number of imidazole rings is 1. The fourth-order valence-corrected chi connectivity index (χ4v) is 1.15. The van der Waals surface area contributed by atoms with Gasteiger partial charge in [-0.2, -0.15) is 0 Å². The van der Waals surface area contributed by atoms with E-state index in [-0.39, 0.29) is 5.82 Å². The molecule has 0 saturated carbocycles. The van der Waals surface area contributed by atoms with Gasteiger partial charge in [0.2, 0.25) is 0 Å². The molecule has 1 aromatic carbocycles. The van der Waals surface area contributed by atoms with Crippen molar-refractivity contribution in [1.29, 1.82) is 0 Å². The van der Waals surface area contributed by atoms with E-state index in [9.17, 15) is 4.79 Å². The Morgan fingerprint density at radius 1 is 1.42 bits per heavy atom. The van der Waals surface area contributed by atoms with Crippen molar-refractivity contribution >= 4 is 17.3 Å². The van der Waals surface area contributed by atoms with Gasteiger partial charge in [0.25, 0.3) is 0 Å². The van der Waals surface area contributed by atoms with Crippen LogP contribution in [0.25, 0.3) is 11.0 Å². The fraction of sp³-hybridized carbons (Fsp3) is 0. The van der Waals surface area contributed by atoms with E-state index < -0.39 is 0 Å². The predicted molar refractivity (Wildman–Crippen MR) is 45.3 cm³/mol. The number of hydrogen-bond acceptors (Lipinski definition) is 3. The summed E-state index contributed by atoms with van der Waals surface area (Å²) in [6.45, 7) is 0. The monoisotopic (exact) mass is 161 g/mol. The Balaban J connectivity index is 2.87. The molecule has 1 aromatic heterocycles. The molecule has 0 spiro atoms. The quantitative estimate of drug-likeness (QED) is 0.491. The topological polar surface area (TPSA) is 60.9 Å². The van der Waals surface area contributed by atoms with Gasteiger partial charge in [-0.25, -0.2) is 9.66 Å². The van der Waals surface area contributed by atoms with Crippen LogP contribution in [0.5, 0.6) is 0 Å². The number of nitrogen functional groups attached to an aromatic ring is 1. The summed E-state index contributed by atoms with van der Waals surface area (Å²) in [5.41, 5.74) is 1.50. The standard InChI is InChI=1S/C8H7N3O/c9-11-7-4-2-1-3-6(7)10-8(11)5-12/h1-5H,9H2. The predicted octanol–water partition coefficient (Wildman–Crippen LogP) is 0.563. The number of nitrogens with two attached hydrogens (primary N) is 1. The van der Waals surface area contributed by atoms with E-state index in [4.69, 9.17) is 5.84 Å². The van der Waals surface area contributed by atoms with Crippen LogP contribution in [-0.4, -0.2) is 15.9 Å². The van der Waals surface area contributed by atoms with Crippen molar-refractivity contribution in [1.82, 2.24) is 9.66 Å². The Morgan fingerprint density at radius 3 is 2.83 bits per heavy atom. The number of nitrogens with zero attached hydrogens (tertiary/aromatic N) is 2. The van der Waals surface area contributed by atoms with Gasteiger partial charge in [0.05, 0.1) is 11.0 Å². The fourth-order valence-electron chi connectivity index (χ4n) is 1.15. The normalized spacial score (nSPS) is 10.3. The molecule has 0 unspecified atom stereocenters.